The summed E-state index contributed by atoms with van der Waals surface area (Å²) in [5, 5.41) is 44.8. The highest BCUT2D eigenvalue weighted by Gasteiger charge is 2.56. The summed E-state index contributed by atoms with van der Waals surface area (Å²) in [5.74, 6) is -2.88. The average Bonchev–Trinajstić information content (AvgIpc) is 2.19. The summed E-state index contributed by atoms with van der Waals surface area (Å²) in [6.07, 6.45) is -1.52. The van der Waals surface area contributed by atoms with Crippen molar-refractivity contribution in [2.24, 2.45) is 0 Å². The zero-order valence-corrected chi connectivity index (χ0v) is 9.07. The molecule has 1 atom stereocenters. The van der Waals surface area contributed by atoms with E-state index >= 15 is 0 Å². The van der Waals surface area contributed by atoms with E-state index in [1.807, 2.05) is 0 Å². The molecule has 0 saturated carbocycles. The molecule has 90 valence electrons. The molecule has 0 aromatic heterocycles. The second-order valence-corrected chi connectivity index (χ2v) is 3.15. The maximum absolute atomic E-state index is 9.62. The summed E-state index contributed by atoms with van der Waals surface area (Å²) < 4.78 is 0. The van der Waals surface area contributed by atoms with Gasteiger partial charge in [0.2, 0.25) is 0 Å². The molecule has 0 heterocycles. The monoisotopic (exact) mass is 221 g/mol. The van der Waals surface area contributed by atoms with Crippen molar-refractivity contribution in [1.82, 2.24) is 16.0 Å². The standard InChI is InChI=1S/C8H19N3O4/c1-5(9-2)7(10-3,11-4)8(14,15)6(12)13/h5,9-15H,1H2,2-4H3. The van der Waals surface area contributed by atoms with Crippen LogP contribution in [0, 0.1) is 13.2 Å². The lowest BCUT2D eigenvalue weighted by Crippen LogP contribution is -2.78. The molecule has 0 aromatic carbocycles. The number of aliphatic hydroxyl groups is 4. The van der Waals surface area contributed by atoms with E-state index in [9.17, 15) is 10.2 Å². The first-order valence-electron chi connectivity index (χ1n) is 4.38. The van der Waals surface area contributed by atoms with Crippen LogP contribution in [0.15, 0.2) is 0 Å². The van der Waals surface area contributed by atoms with Crippen LogP contribution in [0.3, 0.4) is 0 Å². The number of likely N-dealkylation sites (N-methyl/N-ethyl adjacent to an activating group) is 3. The third-order valence-corrected chi connectivity index (χ3v) is 2.52. The molecule has 0 aliphatic heterocycles. The first-order chi connectivity index (χ1) is 6.80. The maximum atomic E-state index is 9.62. The van der Waals surface area contributed by atoms with Gasteiger partial charge in [0.05, 0.1) is 0 Å². The topological polar surface area (TPSA) is 117 Å². The molecule has 0 aliphatic carbocycles. The van der Waals surface area contributed by atoms with Gasteiger partial charge in [-0.1, -0.05) is 0 Å². The lowest BCUT2D eigenvalue weighted by molar-refractivity contribution is -0.279. The van der Waals surface area contributed by atoms with E-state index in [0.29, 0.717) is 0 Å². The van der Waals surface area contributed by atoms with Crippen molar-refractivity contribution in [3.8, 4) is 0 Å². The molecule has 0 aromatic rings. The van der Waals surface area contributed by atoms with E-state index < -0.39 is 23.8 Å². The molecule has 7 nitrogen and oxygen atoms in total. The highest BCUT2D eigenvalue weighted by molar-refractivity contribution is 5.10. The molecule has 15 heavy (non-hydrogen) atoms. The lowest BCUT2D eigenvalue weighted by Gasteiger charge is -2.46. The summed E-state index contributed by atoms with van der Waals surface area (Å²) in [5.41, 5.74) is -1.64. The number of hydrogen-bond donors (Lipinski definition) is 7. The molecule has 1 unspecified atom stereocenters. The van der Waals surface area contributed by atoms with Gasteiger partial charge in [0.1, 0.15) is 5.66 Å². The zero-order valence-electron chi connectivity index (χ0n) is 9.07. The number of rotatable bonds is 6. The van der Waals surface area contributed by atoms with E-state index in [0.717, 1.165) is 0 Å². The van der Waals surface area contributed by atoms with Crippen LogP contribution < -0.4 is 16.0 Å². The Morgan fingerprint density at radius 2 is 1.53 bits per heavy atom. The average molecular weight is 221 g/mol. The molecule has 7 N–H and O–H groups in total. The Morgan fingerprint density at radius 3 is 1.73 bits per heavy atom. The van der Waals surface area contributed by atoms with Gasteiger partial charge < -0.3 is 25.7 Å². The molecular formula is C8H19N3O4. The van der Waals surface area contributed by atoms with Gasteiger partial charge in [-0.25, -0.2) is 0 Å². The predicted octanol–water partition coefficient (Wildman–Crippen LogP) is -2.54. The Morgan fingerprint density at radius 1 is 1.13 bits per heavy atom. The van der Waals surface area contributed by atoms with Crippen molar-refractivity contribution in [3.63, 3.8) is 0 Å². The Hall–Kier alpha value is -0.280. The van der Waals surface area contributed by atoms with Crippen LogP contribution in [0.25, 0.3) is 0 Å². The van der Waals surface area contributed by atoms with Gasteiger partial charge in [0.15, 0.2) is 0 Å². The highest BCUT2D eigenvalue weighted by atomic mass is 16.6. The molecule has 2 radical (unpaired) electrons. The second-order valence-electron chi connectivity index (χ2n) is 3.15. The van der Waals surface area contributed by atoms with Crippen molar-refractivity contribution in [3.05, 3.63) is 13.2 Å². The molecular weight excluding hydrogens is 202 g/mol. The molecule has 0 spiro atoms. The Balaban J connectivity index is 5.26. The van der Waals surface area contributed by atoms with Crippen LogP contribution in [0.1, 0.15) is 0 Å². The van der Waals surface area contributed by atoms with E-state index in [1.165, 1.54) is 14.1 Å². The highest BCUT2D eigenvalue weighted by Crippen LogP contribution is 2.26. The molecule has 0 amide bonds. The van der Waals surface area contributed by atoms with E-state index in [4.69, 9.17) is 10.2 Å². The lowest BCUT2D eigenvalue weighted by atomic mass is 9.90. The summed E-state index contributed by atoms with van der Waals surface area (Å²) in [4.78, 5) is 0. The normalized spacial score (nSPS) is 15.8. The third kappa shape index (κ3) is 2.28. The Labute approximate surface area is 89.1 Å². The quantitative estimate of drug-likeness (QED) is 0.247. The van der Waals surface area contributed by atoms with Crippen molar-refractivity contribution >= 4 is 0 Å². The van der Waals surface area contributed by atoms with Crippen molar-refractivity contribution < 1.29 is 20.4 Å². The fourth-order valence-corrected chi connectivity index (χ4v) is 1.46. The van der Waals surface area contributed by atoms with E-state index in [1.54, 1.807) is 7.05 Å². The molecule has 0 saturated heterocycles. The fraction of sp³-hybridized carbons (Fsp3) is 0.750. The van der Waals surface area contributed by atoms with Gasteiger partial charge in [-0.3, -0.25) is 10.6 Å². The summed E-state index contributed by atoms with van der Waals surface area (Å²) >= 11 is 0. The van der Waals surface area contributed by atoms with Crippen LogP contribution in [0.5, 0.6) is 0 Å². The molecule has 0 fully saturated rings. The van der Waals surface area contributed by atoms with Crippen LogP contribution in [-0.4, -0.2) is 59.1 Å². The van der Waals surface area contributed by atoms with Crippen molar-refractivity contribution in [1.29, 1.82) is 0 Å². The van der Waals surface area contributed by atoms with Crippen LogP contribution in [-0.2, 0) is 0 Å². The maximum Gasteiger partial charge on any atom is 0.283 e. The summed E-state index contributed by atoms with van der Waals surface area (Å²) in [6.45, 7) is 3.63. The molecule has 0 aliphatic rings. The molecule has 7 heteroatoms. The SMILES string of the molecule is [CH2]C(NC)C(NC)(NC)C(O)(O)[C](O)O. The van der Waals surface area contributed by atoms with Crippen LogP contribution >= 0.6 is 0 Å². The first kappa shape index (κ1) is 14.7. The Kier molecular flexibility index (Phi) is 5.07. The largest absolute Gasteiger partial charge is 0.359 e. The second kappa shape index (κ2) is 5.17. The van der Waals surface area contributed by atoms with Crippen LogP contribution in [0.4, 0.5) is 0 Å². The fourth-order valence-electron chi connectivity index (χ4n) is 1.46. The Bertz CT molecular complexity index is 194. The first-order valence-corrected chi connectivity index (χ1v) is 4.38. The number of aliphatic hydroxyl groups excluding tert-OH is 1. The minimum atomic E-state index is -2.88. The number of nitrogens with one attached hydrogen (secondary N) is 3. The van der Waals surface area contributed by atoms with E-state index in [-0.39, 0.29) is 0 Å². The molecule has 0 rings (SSSR count). The minimum Gasteiger partial charge on any atom is -0.359 e. The van der Waals surface area contributed by atoms with Crippen LogP contribution in [0.2, 0.25) is 0 Å². The van der Waals surface area contributed by atoms with Crippen molar-refractivity contribution in [2.45, 2.75) is 17.5 Å². The summed E-state index contributed by atoms with van der Waals surface area (Å²) in [6, 6.07) is -0.739. The minimum absolute atomic E-state index is 0.739. The molecule has 0 bridgehead atoms. The van der Waals surface area contributed by atoms with Gasteiger partial charge in [-0.15, -0.1) is 0 Å². The van der Waals surface area contributed by atoms with Gasteiger partial charge in [0.25, 0.3) is 12.1 Å². The zero-order chi connectivity index (χ0) is 12.3. The number of hydrogen-bond acceptors (Lipinski definition) is 7. The summed E-state index contributed by atoms with van der Waals surface area (Å²) in [7, 11) is 4.40. The van der Waals surface area contributed by atoms with Gasteiger partial charge in [0, 0.05) is 6.04 Å². The third-order valence-electron chi connectivity index (χ3n) is 2.52. The van der Waals surface area contributed by atoms with Gasteiger partial charge in [-0.05, 0) is 28.1 Å². The van der Waals surface area contributed by atoms with E-state index in [2.05, 4.69) is 22.9 Å². The van der Waals surface area contributed by atoms with Gasteiger partial charge >= 0.3 is 0 Å². The van der Waals surface area contributed by atoms with Gasteiger partial charge in [-0.2, -0.15) is 0 Å². The predicted molar refractivity (Wildman–Crippen MR) is 53.3 cm³/mol. The smallest absolute Gasteiger partial charge is 0.283 e. The van der Waals surface area contributed by atoms with Crippen molar-refractivity contribution in [2.75, 3.05) is 21.1 Å².